The van der Waals surface area contributed by atoms with E-state index in [2.05, 4.69) is 24.3 Å². The van der Waals surface area contributed by atoms with Crippen molar-refractivity contribution in [3.63, 3.8) is 0 Å². The van der Waals surface area contributed by atoms with E-state index in [1.807, 2.05) is 45.9 Å². The molecule has 8 heteroatoms. The average molecular weight is 423 g/mol. The number of ether oxygens (including phenoxy) is 1. The number of hydrogen-bond acceptors (Lipinski definition) is 6. The average Bonchev–Trinajstić information content (AvgIpc) is 2.82. The third kappa shape index (κ3) is 6.28. The standard InChI is InChI=1S/C21H23O3.ClHO4/c1-5-22-18-12-17(16-10-8-7-9-11-16)13-19(23-6-2)21-15(4)24-14(3)20(18)21;2-1(3,4)5/h7-13H,5-6H2,1-4H3;(H,2,3,4,5)/q+1;/p-1. The van der Waals surface area contributed by atoms with Crippen molar-refractivity contribution in [1.29, 1.82) is 0 Å². The van der Waals surface area contributed by atoms with E-state index in [4.69, 9.17) is 32.2 Å². The molecule has 0 bridgehead atoms. The molecule has 0 aliphatic rings. The lowest BCUT2D eigenvalue weighted by atomic mass is 10.1. The molecule has 0 atom stereocenters. The summed E-state index contributed by atoms with van der Waals surface area (Å²) in [4.78, 5) is 0. The number of furan rings is 1. The van der Waals surface area contributed by atoms with Gasteiger partial charge in [0, 0.05) is 6.92 Å². The van der Waals surface area contributed by atoms with E-state index < -0.39 is 10.2 Å². The summed E-state index contributed by atoms with van der Waals surface area (Å²) in [5.74, 6) is 2.52. The number of halogens is 1. The van der Waals surface area contributed by atoms with Gasteiger partial charge in [0.25, 0.3) is 6.61 Å². The Morgan fingerprint density at radius 2 is 1.48 bits per heavy atom. The van der Waals surface area contributed by atoms with Gasteiger partial charge in [-0.25, -0.2) is 18.6 Å². The third-order valence-corrected chi connectivity index (χ3v) is 4.03. The van der Waals surface area contributed by atoms with Gasteiger partial charge in [0.1, 0.15) is 22.7 Å². The molecule has 7 nitrogen and oxygen atoms in total. The first-order chi connectivity index (χ1) is 13.7. The number of hydrogen-bond donors (Lipinski definition) is 0. The first-order valence-corrected chi connectivity index (χ1v) is 10.2. The van der Waals surface area contributed by atoms with Gasteiger partial charge in [-0.3, -0.25) is 4.42 Å². The molecule has 3 aromatic rings. The molecule has 3 rings (SSSR count). The van der Waals surface area contributed by atoms with Crippen LogP contribution in [-0.2, 0) is 0 Å². The topological polar surface area (TPSA) is 126 Å². The van der Waals surface area contributed by atoms with Crippen molar-refractivity contribution in [2.24, 2.45) is 0 Å². The van der Waals surface area contributed by atoms with Crippen LogP contribution in [-0.4, -0.2) is 13.2 Å². The van der Waals surface area contributed by atoms with Crippen molar-refractivity contribution in [3.05, 3.63) is 63.8 Å². The van der Waals surface area contributed by atoms with Crippen LogP contribution in [0.15, 0.2) is 51.3 Å². The van der Waals surface area contributed by atoms with Crippen molar-refractivity contribution in [3.8, 4) is 16.9 Å². The number of aryl methyl sites for hydroxylation is 2. The van der Waals surface area contributed by atoms with E-state index in [0.717, 1.165) is 44.6 Å². The van der Waals surface area contributed by atoms with Gasteiger partial charge < -0.3 is 9.15 Å². The van der Waals surface area contributed by atoms with Crippen LogP contribution >= 0.6 is 0 Å². The fourth-order valence-corrected chi connectivity index (χ4v) is 3.08. The zero-order chi connectivity index (χ0) is 21.6. The Bertz CT molecular complexity index is 1020. The molecule has 2 aromatic carbocycles. The molecule has 0 N–H and O–H groups in total. The Morgan fingerprint density at radius 1 is 0.897 bits per heavy atom. The second-order valence-corrected chi connectivity index (χ2v) is 6.80. The molecule has 1 heterocycles. The molecule has 156 valence electrons. The Hall–Kier alpha value is -2.42. The van der Waals surface area contributed by atoms with E-state index in [-0.39, 0.29) is 0 Å². The number of fused-ring (bicyclic) bond motifs is 1. The second-order valence-electron chi connectivity index (χ2n) is 6.05. The van der Waals surface area contributed by atoms with Gasteiger partial charge >= 0.3 is 5.43 Å². The highest BCUT2D eigenvalue weighted by Gasteiger charge is 2.19. The van der Waals surface area contributed by atoms with Crippen molar-refractivity contribution < 1.29 is 38.0 Å². The predicted octanol–water partition coefficient (Wildman–Crippen LogP) is 0.275. The van der Waals surface area contributed by atoms with Gasteiger partial charge in [-0.15, -0.1) is 10.2 Å². The van der Waals surface area contributed by atoms with E-state index >= 15 is 0 Å². The predicted molar refractivity (Wildman–Crippen MR) is 99.1 cm³/mol. The number of benzene rings is 1. The van der Waals surface area contributed by atoms with Crippen LogP contribution in [0.4, 0.5) is 0 Å². The lowest BCUT2D eigenvalue weighted by Gasteiger charge is -2.17. The normalized spacial score (nSPS) is 11.9. The molecular formula is C21H23ClO7. The molecule has 1 aromatic heterocycles. The van der Waals surface area contributed by atoms with E-state index in [9.17, 15) is 0 Å². The Morgan fingerprint density at radius 3 is 2.03 bits per heavy atom. The summed E-state index contributed by atoms with van der Waals surface area (Å²) in [6.45, 7) is 9.12. The van der Waals surface area contributed by atoms with Crippen molar-refractivity contribution in [2.45, 2.75) is 27.7 Å². The molecule has 29 heavy (non-hydrogen) atoms. The van der Waals surface area contributed by atoms with Crippen LogP contribution < -0.4 is 28.8 Å². The second kappa shape index (κ2) is 9.87. The minimum atomic E-state index is -4.94. The molecular weight excluding hydrogens is 400 g/mol. The minimum absolute atomic E-state index is 0.598. The Labute approximate surface area is 170 Å². The largest absolute Gasteiger partial charge is 0.493 e. The zero-order valence-electron chi connectivity index (χ0n) is 16.7. The summed E-state index contributed by atoms with van der Waals surface area (Å²) in [7, 11) is -4.94. The van der Waals surface area contributed by atoms with Gasteiger partial charge in [-0.2, -0.15) is 0 Å². The summed E-state index contributed by atoms with van der Waals surface area (Å²) in [6.07, 6.45) is 0. The highest BCUT2D eigenvalue weighted by Crippen LogP contribution is 2.33. The molecule has 0 radical (unpaired) electrons. The molecule has 0 amide bonds. The molecule has 0 saturated heterocycles. The SMILES string of the molecule is CCOc1cc(-c2ccccc2)cc(=[O+]CC)c2c(C)oc(C)c12.[O-][Cl+3]([O-])([O-])[O-]. The van der Waals surface area contributed by atoms with E-state index in [1.165, 1.54) is 0 Å². The molecule has 0 saturated carbocycles. The van der Waals surface area contributed by atoms with Crippen molar-refractivity contribution in [1.82, 2.24) is 0 Å². The van der Waals surface area contributed by atoms with Gasteiger partial charge in [-0.1, -0.05) is 30.3 Å². The molecule has 0 aliphatic carbocycles. The van der Waals surface area contributed by atoms with E-state index in [0.29, 0.717) is 13.2 Å². The van der Waals surface area contributed by atoms with Crippen LogP contribution in [0.25, 0.3) is 21.9 Å². The molecule has 0 spiro atoms. The highest BCUT2D eigenvalue weighted by molar-refractivity contribution is 5.93. The van der Waals surface area contributed by atoms with Gasteiger partial charge in [0.05, 0.1) is 18.1 Å². The maximum Gasteiger partial charge on any atom is 0.355 e. The first kappa shape index (κ1) is 22.9. The molecule has 0 unspecified atom stereocenters. The van der Waals surface area contributed by atoms with Crippen molar-refractivity contribution >= 4 is 10.8 Å². The fraction of sp³-hybridized carbons (Fsp3) is 0.286. The third-order valence-electron chi connectivity index (χ3n) is 4.03. The summed E-state index contributed by atoms with van der Waals surface area (Å²) >= 11 is 0. The van der Waals surface area contributed by atoms with Gasteiger partial charge in [0.15, 0.2) is 0 Å². The van der Waals surface area contributed by atoms with Crippen molar-refractivity contribution in [2.75, 3.05) is 13.2 Å². The van der Waals surface area contributed by atoms with E-state index in [1.54, 1.807) is 0 Å². The fourth-order valence-electron chi connectivity index (χ4n) is 3.08. The maximum atomic E-state index is 8.49. The van der Waals surface area contributed by atoms with Crippen LogP contribution in [0.5, 0.6) is 5.75 Å². The zero-order valence-corrected chi connectivity index (χ0v) is 17.4. The molecule has 0 aliphatic heterocycles. The summed E-state index contributed by atoms with van der Waals surface area (Å²) in [5, 5.41) is 1.97. The Kier molecular flexibility index (Phi) is 7.78. The van der Waals surface area contributed by atoms with Crippen LogP contribution in [0, 0.1) is 24.1 Å². The van der Waals surface area contributed by atoms with Gasteiger partial charge in [-0.05, 0) is 38.0 Å². The summed E-state index contributed by atoms with van der Waals surface area (Å²) < 4.78 is 51.7. The monoisotopic (exact) mass is 422 g/mol. The summed E-state index contributed by atoms with van der Waals surface area (Å²) in [6, 6.07) is 14.4. The first-order valence-electron chi connectivity index (χ1n) is 8.99. The Balaban J connectivity index is 0.000000537. The summed E-state index contributed by atoms with van der Waals surface area (Å²) in [5.41, 5.74) is 3.02. The highest BCUT2D eigenvalue weighted by atomic mass is 35.7. The number of rotatable bonds is 4. The molecule has 0 fully saturated rings. The minimum Gasteiger partial charge on any atom is -0.493 e. The van der Waals surface area contributed by atoms with Crippen LogP contribution in [0.2, 0.25) is 0 Å². The van der Waals surface area contributed by atoms with Gasteiger partial charge in [0.2, 0.25) is 0 Å². The smallest absolute Gasteiger partial charge is 0.355 e. The van der Waals surface area contributed by atoms with Crippen LogP contribution in [0.3, 0.4) is 0 Å². The van der Waals surface area contributed by atoms with Crippen LogP contribution in [0.1, 0.15) is 25.4 Å². The lowest BCUT2D eigenvalue weighted by Crippen LogP contribution is -2.68. The lowest BCUT2D eigenvalue weighted by molar-refractivity contribution is -2.00. The maximum absolute atomic E-state index is 8.49. The quantitative estimate of drug-likeness (QED) is 0.555.